The Kier molecular flexibility index (Phi) is 9.14. The first-order valence-corrected chi connectivity index (χ1v) is 15.7. The van der Waals surface area contributed by atoms with Crippen LogP contribution >= 0.6 is 0 Å². The van der Waals surface area contributed by atoms with E-state index in [1.807, 2.05) is 81.4 Å². The first-order chi connectivity index (χ1) is 21.2. The summed E-state index contributed by atoms with van der Waals surface area (Å²) in [4.78, 5) is 49.0. The summed E-state index contributed by atoms with van der Waals surface area (Å²) in [5.74, 6) is -2.46. The molecule has 1 spiro atoms. The second-order valence-electron chi connectivity index (χ2n) is 12.7. The molecule has 3 aliphatic rings. The molecular weight excluding hydrogens is 554 g/mol. The van der Waals surface area contributed by atoms with Gasteiger partial charge in [0.15, 0.2) is 0 Å². The van der Waals surface area contributed by atoms with E-state index in [4.69, 9.17) is 4.74 Å². The Morgan fingerprint density at radius 3 is 2.00 bits per heavy atom. The van der Waals surface area contributed by atoms with Crippen molar-refractivity contribution in [1.29, 1.82) is 0 Å². The molecule has 7 atom stereocenters. The van der Waals surface area contributed by atoms with Crippen LogP contribution in [0, 0.1) is 17.8 Å². The van der Waals surface area contributed by atoms with E-state index in [1.165, 1.54) is 0 Å². The zero-order chi connectivity index (χ0) is 31.6. The first-order valence-electron chi connectivity index (χ1n) is 15.7. The van der Waals surface area contributed by atoms with Crippen molar-refractivity contribution in [2.75, 3.05) is 19.7 Å². The molecule has 1 N–H and O–H groups in total. The minimum Gasteiger partial charge on any atom is -0.394 e. The highest BCUT2D eigenvalue weighted by atomic mass is 16.5. The first kappa shape index (κ1) is 31.7. The van der Waals surface area contributed by atoms with Gasteiger partial charge in [-0.1, -0.05) is 86.7 Å². The average molecular weight is 600 g/mol. The second-order valence-corrected chi connectivity index (χ2v) is 12.7. The third-order valence-electron chi connectivity index (χ3n) is 10.1. The smallest absolute Gasteiger partial charge is 0.249 e. The van der Waals surface area contributed by atoms with Crippen LogP contribution in [0.25, 0.3) is 0 Å². The van der Waals surface area contributed by atoms with Crippen LogP contribution in [-0.2, 0) is 32.2 Å². The van der Waals surface area contributed by atoms with Gasteiger partial charge < -0.3 is 24.5 Å². The van der Waals surface area contributed by atoms with Crippen molar-refractivity contribution in [1.82, 2.24) is 14.7 Å². The maximum atomic E-state index is 14.7. The fourth-order valence-corrected chi connectivity index (χ4v) is 7.89. The van der Waals surface area contributed by atoms with Gasteiger partial charge in [0.1, 0.15) is 11.6 Å². The molecule has 3 fully saturated rings. The molecule has 44 heavy (non-hydrogen) atoms. The second kappa shape index (κ2) is 12.7. The molecule has 8 heteroatoms. The molecule has 0 saturated carbocycles. The summed E-state index contributed by atoms with van der Waals surface area (Å²) in [5.41, 5.74) is -0.220. The highest BCUT2D eigenvalue weighted by Gasteiger charge is 2.80. The Morgan fingerprint density at radius 2 is 1.52 bits per heavy atom. The molecule has 2 aromatic rings. The SMILES string of the molecule is C=CCN(Cc1ccccc1)C(=O)C1N([C@@H](CC)CO)C(=O)[C@@H]2[C@H](C(=O)N(CC=C)Cc3ccccc3)[C@@]3(C)OC12CC3C. The number of aliphatic hydroxyl groups is 1. The zero-order valence-corrected chi connectivity index (χ0v) is 26.1. The van der Waals surface area contributed by atoms with E-state index < -0.39 is 35.1 Å². The Bertz CT molecular complexity index is 1380. The number of hydrogen-bond donors (Lipinski definition) is 1. The number of carbonyl (C=O) groups excluding carboxylic acids is 3. The fourth-order valence-electron chi connectivity index (χ4n) is 7.89. The van der Waals surface area contributed by atoms with Gasteiger partial charge in [0.25, 0.3) is 0 Å². The summed E-state index contributed by atoms with van der Waals surface area (Å²) >= 11 is 0. The van der Waals surface area contributed by atoms with E-state index in [2.05, 4.69) is 13.2 Å². The van der Waals surface area contributed by atoms with Gasteiger partial charge in [0, 0.05) is 26.2 Å². The van der Waals surface area contributed by atoms with Crippen LogP contribution < -0.4 is 0 Å². The number of ether oxygens (including phenoxy) is 1. The average Bonchev–Trinajstić information content (AvgIpc) is 3.54. The summed E-state index contributed by atoms with van der Waals surface area (Å²) in [7, 11) is 0. The fraction of sp³-hybridized carbons (Fsp3) is 0.472. The number of aliphatic hydroxyl groups excluding tert-OH is 1. The molecule has 2 bridgehead atoms. The lowest BCUT2D eigenvalue weighted by Gasteiger charge is -2.39. The Balaban J connectivity index is 1.58. The normalized spacial score (nSPS) is 29.3. The lowest BCUT2D eigenvalue weighted by atomic mass is 9.62. The molecule has 5 rings (SSSR count). The van der Waals surface area contributed by atoms with Crippen LogP contribution in [0.3, 0.4) is 0 Å². The number of amides is 3. The number of nitrogens with zero attached hydrogens (tertiary/aromatic N) is 3. The topological polar surface area (TPSA) is 90.4 Å². The Hall–Kier alpha value is -3.75. The van der Waals surface area contributed by atoms with E-state index >= 15 is 0 Å². The third-order valence-corrected chi connectivity index (χ3v) is 10.1. The molecule has 3 saturated heterocycles. The molecular formula is C36H45N3O5. The number of carbonyl (C=O) groups is 3. The highest BCUT2D eigenvalue weighted by molar-refractivity contribution is 5.99. The van der Waals surface area contributed by atoms with Crippen molar-refractivity contribution >= 4 is 17.7 Å². The molecule has 3 heterocycles. The molecule has 3 amide bonds. The van der Waals surface area contributed by atoms with Gasteiger partial charge >= 0.3 is 0 Å². The van der Waals surface area contributed by atoms with Gasteiger partial charge in [0.05, 0.1) is 30.1 Å². The summed E-state index contributed by atoms with van der Waals surface area (Å²) in [6.07, 6.45) is 4.30. The quantitative estimate of drug-likeness (QED) is 0.349. The number of benzene rings is 2. The van der Waals surface area contributed by atoms with Crippen LogP contribution in [0.15, 0.2) is 86.0 Å². The predicted octanol–water partition coefficient (Wildman–Crippen LogP) is 4.20. The van der Waals surface area contributed by atoms with Crippen LogP contribution in [-0.4, -0.2) is 80.5 Å². The van der Waals surface area contributed by atoms with E-state index in [1.54, 1.807) is 26.9 Å². The number of fused-ring (bicyclic) bond motifs is 1. The van der Waals surface area contributed by atoms with Gasteiger partial charge in [-0.2, -0.15) is 0 Å². The minimum absolute atomic E-state index is 0.0887. The van der Waals surface area contributed by atoms with Gasteiger partial charge in [-0.3, -0.25) is 14.4 Å². The van der Waals surface area contributed by atoms with Crippen molar-refractivity contribution < 1.29 is 24.2 Å². The molecule has 3 unspecified atom stereocenters. The maximum absolute atomic E-state index is 14.7. The van der Waals surface area contributed by atoms with Crippen molar-refractivity contribution in [2.24, 2.45) is 17.8 Å². The highest BCUT2D eigenvalue weighted by Crippen LogP contribution is 2.66. The standard InChI is InChI=1S/C36H45N3O5/c1-6-19-37(22-26-15-11-9-12-16-26)32(41)29-30-33(42)39(28(8-3)24-40)31(36(30)21-25(4)35(29,5)44-36)34(43)38(20-7-2)23-27-17-13-10-14-18-27/h6-7,9-18,25,28-31,40H,1-2,8,19-24H2,3-5H3/t25?,28-,29+,30-,31?,35-,36?/m0/s1. The number of rotatable bonds is 13. The van der Waals surface area contributed by atoms with E-state index in [-0.39, 0.29) is 36.8 Å². The van der Waals surface area contributed by atoms with E-state index in [9.17, 15) is 19.5 Å². The van der Waals surface area contributed by atoms with Crippen LogP contribution in [0.2, 0.25) is 0 Å². The van der Waals surface area contributed by atoms with Gasteiger partial charge in [0.2, 0.25) is 17.7 Å². The monoisotopic (exact) mass is 599 g/mol. The lowest BCUT2D eigenvalue weighted by Crippen LogP contribution is -2.58. The predicted molar refractivity (Wildman–Crippen MR) is 169 cm³/mol. The molecule has 234 valence electrons. The van der Waals surface area contributed by atoms with Gasteiger partial charge in [-0.25, -0.2) is 0 Å². The largest absolute Gasteiger partial charge is 0.394 e. The molecule has 2 aromatic carbocycles. The van der Waals surface area contributed by atoms with Crippen LogP contribution in [0.1, 0.15) is 44.7 Å². The Morgan fingerprint density at radius 1 is 1.00 bits per heavy atom. The molecule has 0 radical (unpaired) electrons. The number of hydrogen-bond acceptors (Lipinski definition) is 5. The zero-order valence-electron chi connectivity index (χ0n) is 26.1. The van der Waals surface area contributed by atoms with Crippen molar-refractivity contribution in [3.63, 3.8) is 0 Å². The number of likely N-dealkylation sites (tertiary alicyclic amines) is 1. The van der Waals surface area contributed by atoms with E-state index in [0.29, 0.717) is 32.5 Å². The molecule has 0 aromatic heterocycles. The van der Waals surface area contributed by atoms with Crippen molar-refractivity contribution in [3.05, 3.63) is 97.1 Å². The van der Waals surface area contributed by atoms with Crippen molar-refractivity contribution in [2.45, 2.75) is 70.0 Å². The van der Waals surface area contributed by atoms with Gasteiger partial charge in [-0.05, 0) is 36.8 Å². The maximum Gasteiger partial charge on any atom is 0.249 e. The third kappa shape index (κ3) is 5.18. The summed E-state index contributed by atoms with van der Waals surface area (Å²) < 4.78 is 6.96. The lowest BCUT2D eigenvalue weighted by molar-refractivity contribution is -0.158. The molecule has 0 aliphatic carbocycles. The molecule has 8 nitrogen and oxygen atoms in total. The van der Waals surface area contributed by atoms with Gasteiger partial charge in [-0.15, -0.1) is 13.2 Å². The van der Waals surface area contributed by atoms with E-state index in [0.717, 1.165) is 11.1 Å². The summed E-state index contributed by atoms with van der Waals surface area (Å²) in [6, 6.07) is 17.9. The Labute approximate surface area is 261 Å². The van der Waals surface area contributed by atoms with Crippen LogP contribution in [0.5, 0.6) is 0 Å². The summed E-state index contributed by atoms with van der Waals surface area (Å²) in [6.45, 7) is 14.6. The summed E-state index contributed by atoms with van der Waals surface area (Å²) in [5, 5.41) is 10.4. The van der Waals surface area contributed by atoms with Crippen LogP contribution in [0.4, 0.5) is 0 Å². The molecule has 3 aliphatic heterocycles. The minimum atomic E-state index is -1.20. The van der Waals surface area contributed by atoms with Crippen molar-refractivity contribution in [3.8, 4) is 0 Å².